The van der Waals surface area contributed by atoms with E-state index in [1.165, 1.54) is 40.5 Å². The van der Waals surface area contributed by atoms with Gasteiger partial charge in [-0.3, -0.25) is 34.9 Å². The Morgan fingerprint density at radius 1 is 0.374 bits per heavy atom. The molecule has 0 unspecified atom stereocenters. The Kier molecular flexibility index (Phi) is 41.1. The summed E-state index contributed by atoms with van der Waals surface area (Å²) < 4.78 is 9.37. The van der Waals surface area contributed by atoms with Gasteiger partial charge in [0.05, 0.1) is 26.5 Å². The van der Waals surface area contributed by atoms with Crippen molar-refractivity contribution in [3.05, 3.63) is 345 Å². The fraction of sp³-hybridized carbons (Fsp3) is 0.195. The van der Waals surface area contributed by atoms with Gasteiger partial charge < -0.3 is 9.47 Å². The van der Waals surface area contributed by atoms with E-state index >= 15 is 0 Å². The number of nitrogens with zero attached hydrogens (tertiary/aromatic N) is 12. The minimum atomic E-state index is -0.395. The highest BCUT2D eigenvalue weighted by Gasteiger charge is 2.05. The summed E-state index contributed by atoms with van der Waals surface area (Å²) in [5, 5.41) is 8.35. The molecule has 506 valence electrons. The molecule has 12 aromatic rings. The minimum absolute atomic E-state index is 0.250. The zero-order valence-electron chi connectivity index (χ0n) is 59.5. The van der Waals surface area contributed by atoms with Crippen molar-refractivity contribution in [3.8, 4) is 34.3 Å². The molecule has 0 radical (unpaired) electrons. The Bertz CT molecular complexity index is 4020. The summed E-state index contributed by atoms with van der Waals surface area (Å²) in [6.45, 7) is 34.3. The Morgan fingerprint density at radius 3 is 1.09 bits per heavy atom. The number of aryl methyl sites for hydroxylation is 14. The minimum Gasteiger partial charge on any atom is -0.481 e. The van der Waals surface area contributed by atoms with E-state index in [-0.39, 0.29) is 6.15 Å². The second kappa shape index (κ2) is 49.2. The van der Waals surface area contributed by atoms with Crippen molar-refractivity contribution < 1.29 is 23.9 Å². The molecule has 0 saturated heterocycles. The van der Waals surface area contributed by atoms with Crippen molar-refractivity contribution >= 4 is 17.8 Å². The van der Waals surface area contributed by atoms with Crippen LogP contribution in [0.2, 0.25) is 0 Å². The molecule has 99 heavy (non-hydrogen) atoms. The molecule has 0 fully saturated rings. The number of pyridine rings is 10. The van der Waals surface area contributed by atoms with E-state index < -0.39 is 5.97 Å². The van der Waals surface area contributed by atoms with Crippen LogP contribution in [0.1, 0.15) is 95.5 Å². The van der Waals surface area contributed by atoms with Crippen LogP contribution in [0, 0.1) is 115 Å². The number of hydrogen-bond donors (Lipinski definition) is 0. The van der Waals surface area contributed by atoms with Gasteiger partial charge >= 0.3 is 12.1 Å². The van der Waals surface area contributed by atoms with Gasteiger partial charge in [0.25, 0.3) is 0 Å². The smallest absolute Gasteiger partial charge is 0.373 e. The fourth-order valence-electron chi connectivity index (χ4n) is 8.01. The number of esters is 1. The van der Waals surface area contributed by atoms with Crippen molar-refractivity contribution in [2.24, 2.45) is 0 Å². The number of carbonyl (C=O) groups is 1. The number of aromatic nitrogens is 10. The molecule has 0 amide bonds. The standard InChI is InChI=1S/2C12H11N.C8H9NO2.2C7H6N2.C7H9NO.4C7H9N.CO2/c1-10-6-5-9-12(13-10)11-7-3-2-4-8-11;1-10-9-12(7-8-13-10)11-5-3-2-4-6-11;1-6-4-3-5-7(9-6)8(10)11-2;1-6-5-7(8-2)3-4-9-6;1-6-3-2-4-7(5-8)9-6;1-6-4-3-5-7(8-6)9-2;3*1-6-3-4-8-7(2)5-6;1-6-4-3-5-7(2)8-6;2-1-3/h2*2-9H,1H3;3-5H,1-2H3;3-5H,1H3;2-4H,1H3;3-5H,1-2H3;4*3-5H,1-2H3;. The third-order valence-corrected chi connectivity index (χ3v) is 12.5. The molecule has 0 spiro atoms. The van der Waals surface area contributed by atoms with Gasteiger partial charge in [-0.25, -0.2) is 24.6 Å². The number of rotatable bonds is 4. The van der Waals surface area contributed by atoms with Gasteiger partial charge in [0.2, 0.25) is 5.88 Å². The lowest BCUT2D eigenvalue weighted by Crippen LogP contribution is -2.04. The van der Waals surface area contributed by atoms with Crippen molar-refractivity contribution in [1.82, 2.24) is 49.8 Å². The summed E-state index contributed by atoms with van der Waals surface area (Å²) in [7, 11) is 2.95. The molecule has 0 saturated carbocycles. The molecule has 0 aliphatic heterocycles. The zero-order valence-corrected chi connectivity index (χ0v) is 59.5. The molecule has 17 heteroatoms. The topological polar surface area (TPSA) is 227 Å². The first-order chi connectivity index (χ1) is 47.5. The first-order valence-electron chi connectivity index (χ1n) is 31.2. The van der Waals surface area contributed by atoms with E-state index in [1.807, 2.05) is 240 Å². The number of carbonyl (C=O) groups excluding carboxylic acids is 3. The van der Waals surface area contributed by atoms with Crippen LogP contribution < -0.4 is 4.74 Å². The highest BCUT2D eigenvalue weighted by atomic mass is 16.5. The first-order valence-corrected chi connectivity index (χ1v) is 31.2. The quantitative estimate of drug-likeness (QED) is 0.118. The van der Waals surface area contributed by atoms with E-state index in [1.54, 1.807) is 43.6 Å². The van der Waals surface area contributed by atoms with Gasteiger partial charge in [-0.2, -0.15) is 14.9 Å². The third-order valence-electron chi connectivity index (χ3n) is 12.5. The third kappa shape index (κ3) is 39.1. The lowest BCUT2D eigenvalue weighted by Gasteiger charge is -2.00. The summed E-state index contributed by atoms with van der Waals surface area (Å²) in [4.78, 5) is 71.2. The molecule has 10 aromatic heterocycles. The van der Waals surface area contributed by atoms with Crippen LogP contribution in [-0.4, -0.2) is 76.2 Å². The van der Waals surface area contributed by atoms with Gasteiger partial charge in [-0.05, 0) is 240 Å². The van der Waals surface area contributed by atoms with Crippen molar-refractivity contribution in [1.29, 1.82) is 5.26 Å². The molecule has 12 rings (SSSR count). The van der Waals surface area contributed by atoms with Gasteiger partial charge in [0, 0.05) is 105 Å². The Labute approximate surface area is 584 Å². The lowest BCUT2D eigenvalue weighted by molar-refractivity contribution is -0.191. The Hall–Kier alpha value is -12.4. The predicted molar refractivity (Wildman–Crippen MR) is 393 cm³/mol. The highest BCUT2D eigenvalue weighted by Crippen LogP contribution is 2.19. The largest absolute Gasteiger partial charge is 0.481 e. The molecular formula is C82H88N12O5. The maximum absolute atomic E-state index is 10.9. The van der Waals surface area contributed by atoms with Gasteiger partial charge in [-0.1, -0.05) is 91.0 Å². The first kappa shape index (κ1) is 82.7. The molecule has 17 nitrogen and oxygen atoms in total. The number of benzene rings is 2. The Balaban J connectivity index is 0.000000374. The maximum Gasteiger partial charge on any atom is 0.373 e. The van der Waals surface area contributed by atoms with Crippen molar-refractivity contribution in [3.63, 3.8) is 0 Å². The van der Waals surface area contributed by atoms with Crippen LogP contribution in [-0.2, 0) is 14.3 Å². The van der Waals surface area contributed by atoms with E-state index in [0.29, 0.717) is 23.0 Å². The molecule has 0 aliphatic rings. The number of nitriles is 1. The monoisotopic (exact) mass is 1320 g/mol. The van der Waals surface area contributed by atoms with Gasteiger partial charge in [-0.15, -0.1) is 0 Å². The molecule has 10 heterocycles. The van der Waals surface area contributed by atoms with E-state index in [9.17, 15) is 4.79 Å². The van der Waals surface area contributed by atoms with Crippen LogP contribution in [0.5, 0.6) is 5.88 Å². The summed E-state index contributed by atoms with van der Waals surface area (Å²) in [5.74, 6) is 0.281. The average molecular weight is 1320 g/mol. The average Bonchev–Trinajstić information content (AvgIpc) is 0.911. The molecule has 2 aromatic carbocycles. The van der Waals surface area contributed by atoms with Gasteiger partial charge in [0.15, 0.2) is 5.69 Å². The molecule has 0 bridgehead atoms. The molecule has 0 atom stereocenters. The fourth-order valence-corrected chi connectivity index (χ4v) is 8.01. The van der Waals surface area contributed by atoms with Crippen LogP contribution in [0.4, 0.5) is 5.69 Å². The second-order valence-electron chi connectivity index (χ2n) is 21.5. The zero-order chi connectivity index (χ0) is 73.2. The maximum atomic E-state index is 10.9. The molecular weight excluding hydrogens is 1230 g/mol. The predicted octanol–water partition coefficient (Wildman–Crippen LogP) is 18.1. The van der Waals surface area contributed by atoms with Crippen molar-refractivity contribution in [2.45, 2.75) is 96.9 Å². The molecule has 0 aliphatic carbocycles. The number of hydrogen-bond acceptors (Lipinski definition) is 16. The van der Waals surface area contributed by atoms with E-state index in [2.05, 4.69) is 129 Å². The normalized spacial score (nSPS) is 9.07. The van der Waals surface area contributed by atoms with E-state index in [4.69, 9.17) is 26.2 Å². The second-order valence-corrected chi connectivity index (χ2v) is 21.5. The van der Waals surface area contributed by atoms with E-state index in [0.717, 1.165) is 68.3 Å². The summed E-state index contributed by atoms with van der Waals surface area (Å²) in [6.07, 6.45) is 9.21. The highest BCUT2D eigenvalue weighted by molar-refractivity contribution is 5.87. The SMILES string of the molecule is COC(=O)c1cccc(C)n1.COc1cccc(C)n1.Cc1cc(-c2ccccc2)ccn1.Cc1cccc(-c2ccccc2)n1.Cc1cccc(C#N)n1.Cc1cccc(C)n1.Cc1ccnc(C)c1.Cc1ccnc(C)c1.Cc1ccnc(C)c1.O=C=O.[C-]#[N+]c1ccnc(C)c1. The van der Waals surface area contributed by atoms with Crippen LogP contribution in [0.3, 0.4) is 0 Å². The lowest BCUT2D eigenvalue weighted by atomic mass is 10.1. The van der Waals surface area contributed by atoms with Crippen LogP contribution >= 0.6 is 0 Å². The summed E-state index contributed by atoms with van der Waals surface area (Å²) >= 11 is 0. The number of methoxy groups -OCH3 is 2. The summed E-state index contributed by atoms with van der Waals surface area (Å²) in [6, 6.07) is 70.6. The molecule has 0 N–H and O–H groups in total. The van der Waals surface area contributed by atoms with Crippen LogP contribution in [0.15, 0.2) is 243 Å². The van der Waals surface area contributed by atoms with Crippen LogP contribution in [0.25, 0.3) is 27.2 Å². The number of ether oxygens (including phenoxy) is 2. The van der Waals surface area contributed by atoms with Gasteiger partial charge in [0.1, 0.15) is 17.5 Å². The Morgan fingerprint density at radius 2 is 0.758 bits per heavy atom. The summed E-state index contributed by atoms with van der Waals surface area (Å²) in [5.41, 5.74) is 21.1. The van der Waals surface area contributed by atoms with Crippen molar-refractivity contribution in [2.75, 3.05) is 14.2 Å².